The van der Waals surface area contributed by atoms with Gasteiger partial charge in [-0.05, 0) is 68.1 Å². The van der Waals surface area contributed by atoms with Gasteiger partial charge < -0.3 is 9.47 Å². The summed E-state index contributed by atoms with van der Waals surface area (Å²) in [5.41, 5.74) is 0.0193. The van der Waals surface area contributed by atoms with E-state index in [0.717, 1.165) is 55.8 Å². The van der Waals surface area contributed by atoms with E-state index in [-0.39, 0.29) is 11.2 Å². The molecule has 4 aliphatic rings. The van der Waals surface area contributed by atoms with E-state index in [2.05, 4.69) is 6.92 Å². The zero-order chi connectivity index (χ0) is 16.2. The first-order valence-electron chi connectivity index (χ1n) is 9.66. The Labute approximate surface area is 140 Å². The minimum absolute atomic E-state index is 0.0193. The van der Waals surface area contributed by atoms with Crippen LogP contribution in [0.15, 0.2) is 0 Å². The average Bonchev–Trinajstić information content (AvgIpc) is 2.89. The van der Waals surface area contributed by atoms with Gasteiger partial charge in [0.2, 0.25) is 0 Å². The largest absolute Gasteiger partial charge is 0.353 e. The summed E-state index contributed by atoms with van der Waals surface area (Å²) < 4.78 is 11.5. The van der Waals surface area contributed by atoms with Crippen LogP contribution in [0.25, 0.3) is 0 Å². The van der Waals surface area contributed by atoms with Crippen molar-refractivity contribution in [1.82, 2.24) is 0 Å². The summed E-state index contributed by atoms with van der Waals surface area (Å²) in [5, 5.41) is 0. The number of carbonyl (C=O) groups is 1. The number of ether oxygens (including phenoxy) is 2. The third-order valence-electron chi connectivity index (χ3n) is 8.40. The van der Waals surface area contributed by atoms with E-state index >= 15 is 0 Å². The molecule has 4 rings (SSSR count). The first-order chi connectivity index (χ1) is 11.0. The van der Waals surface area contributed by atoms with Gasteiger partial charge in [-0.15, -0.1) is 0 Å². The normalized spacial score (nSPS) is 48.5. The highest BCUT2D eigenvalue weighted by molar-refractivity contribution is 5.87. The maximum atomic E-state index is 12.4. The molecular weight excluding hydrogens is 288 g/mol. The number of hydrogen-bond acceptors (Lipinski definition) is 3. The van der Waals surface area contributed by atoms with Gasteiger partial charge in [0, 0.05) is 38.9 Å². The van der Waals surface area contributed by atoms with Crippen LogP contribution in [0.3, 0.4) is 0 Å². The molecule has 3 nitrogen and oxygen atoms in total. The van der Waals surface area contributed by atoms with Gasteiger partial charge >= 0.3 is 0 Å². The first kappa shape index (κ1) is 16.1. The Hall–Kier alpha value is -0.410. The molecule has 0 N–H and O–H groups in total. The van der Waals surface area contributed by atoms with Gasteiger partial charge in [-0.1, -0.05) is 6.92 Å². The number of hydrogen-bond donors (Lipinski definition) is 0. The highest BCUT2D eigenvalue weighted by atomic mass is 16.7. The van der Waals surface area contributed by atoms with Crippen LogP contribution in [0.1, 0.15) is 64.7 Å². The average molecular weight is 320 g/mol. The minimum atomic E-state index is -0.333. The number of carbonyl (C=O) groups excluding carboxylic acids is 1. The molecule has 0 unspecified atom stereocenters. The summed E-state index contributed by atoms with van der Waals surface area (Å²) in [6, 6.07) is 0. The molecule has 0 radical (unpaired) electrons. The Morgan fingerprint density at radius 1 is 0.913 bits per heavy atom. The third kappa shape index (κ3) is 2.26. The quantitative estimate of drug-likeness (QED) is 0.715. The fraction of sp³-hybridized carbons (Fsp3) is 0.950. The fourth-order valence-corrected chi connectivity index (χ4v) is 7.05. The lowest BCUT2D eigenvalue weighted by Crippen LogP contribution is -2.51. The summed E-state index contributed by atoms with van der Waals surface area (Å²) in [7, 11) is 3.59. The van der Waals surface area contributed by atoms with Crippen molar-refractivity contribution in [3.05, 3.63) is 0 Å². The highest BCUT2D eigenvalue weighted by Gasteiger charge is 2.57. The van der Waals surface area contributed by atoms with E-state index < -0.39 is 0 Å². The number of ketones is 1. The Morgan fingerprint density at radius 3 is 2.39 bits per heavy atom. The molecule has 4 fully saturated rings. The molecule has 0 aliphatic heterocycles. The SMILES string of the molecule is COC1(OC)CC[C@H]2[C@@H](CC[C@@H]3[C@@H]2CC[C@]2(C)C(=O)CC[C@@H]32)C1. The van der Waals surface area contributed by atoms with Crippen molar-refractivity contribution < 1.29 is 14.3 Å². The molecule has 130 valence electrons. The van der Waals surface area contributed by atoms with E-state index in [1.807, 2.05) is 0 Å². The van der Waals surface area contributed by atoms with Crippen molar-refractivity contribution >= 4 is 5.78 Å². The smallest absolute Gasteiger partial charge is 0.167 e. The van der Waals surface area contributed by atoms with Gasteiger partial charge in [-0.2, -0.15) is 0 Å². The molecular formula is C20H32O3. The van der Waals surface area contributed by atoms with Crippen LogP contribution < -0.4 is 0 Å². The van der Waals surface area contributed by atoms with Crippen molar-refractivity contribution in [2.45, 2.75) is 70.5 Å². The van der Waals surface area contributed by atoms with Gasteiger partial charge in [0.05, 0.1) is 0 Å². The molecule has 23 heavy (non-hydrogen) atoms. The van der Waals surface area contributed by atoms with Crippen LogP contribution in [-0.2, 0) is 14.3 Å². The van der Waals surface area contributed by atoms with Gasteiger partial charge in [-0.3, -0.25) is 4.79 Å². The van der Waals surface area contributed by atoms with Crippen LogP contribution in [0.5, 0.6) is 0 Å². The Morgan fingerprint density at radius 2 is 1.65 bits per heavy atom. The summed E-state index contributed by atoms with van der Waals surface area (Å²) in [6.45, 7) is 2.27. The zero-order valence-corrected chi connectivity index (χ0v) is 15.0. The highest BCUT2D eigenvalue weighted by Crippen LogP contribution is 2.62. The molecule has 6 atom stereocenters. The summed E-state index contributed by atoms with van der Waals surface area (Å²) in [5.74, 6) is 4.15. The van der Waals surface area contributed by atoms with Crippen LogP contribution in [0.4, 0.5) is 0 Å². The van der Waals surface area contributed by atoms with Crippen LogP contribution in [-0.4, -0.2) is 25.8 Å². The molecule has 3 heteroatoms. The van der Waals surface area contributed by atoms with Crippen LogP contribution in [0, 0.1) is 35.0 Å². The Kier molecular flexibility index (Phi) is 3.88. The van der Waals surface area contributed by atoms with E-state index in [1.54, 1.807) is 14.2 Å². The summed E-state index contributed by atoms with van der Waals surface area (Å²) in [6.07, 6.45) is 10.4. The maximum absolute atomic E-state index is 12.4. The second-order valence-electron chi connectivity index (χ2n) is 8.92. The molecule has 0 bridgehead atoms. The zero-order valence-electron chi connectivity index (χ0n) is 15.0. The molecule has 0 amide bonds. The Balaban J connectivity index is 1.54. The second-order valence-corrected chi connectivity index (χ2v) is 8.92. The monoisotopic (exact) mass is 320 g/mol. The van der Waals surface area contributed by atoms with Crippen LogP contribution >= 0.6 is 0 Å². The maximum Gasteiger partial charge on any atom is 0.167 e. The van der Waals surface area contributed by atoms with Crippen molar-refractivity contribution in [1.29, 1.82) is 0 Å². The van der Waals surface area contributed by atoms with Crippen molar-refractivity contribution in [2.75, 3.05) is 14.2 Å². The van der Waals surface area contributed by atoms with Gasteiger partial charge in [0.15, 0.2) is 5.79 Å². The lowest BCUT2D eigenvalue weighted by atomic mass is 9.50. The Bertz CT molecular complexity index is 483. The second kappa shape index (κ2) is 5.56. The van der Waals surface area contributed by atoms with E-state index in [4.69, 9.17) is 9.47 Å². The van der Waals surface area contributed by atoms with E-state index in [9.17, 15) is 4.79 Å². The molecule has 4 aliphatic carbocycles. The molecule has 4 saturated carbocycles. The number of methoxy groups -OCH3 is 2. The molecule has 0 aromatic heterocycles. The predicted molar refractivity (Wildman–Crippen MR) is 88.9 cm³/mol. The van der Waals surface area contributed by atoms with Crippen molar-refractivity contribution in [2.24, 2.45) is 35.0 Å². The summed E-state index contributed by atoms with van der Waals surface area (Å²) >= 11 is 0. The topological polar surface area (TPSA) is 35.5 Å². The minimum Gasteiger partial charge on any atom is -0.353 e. The van der Waals surface area contributed by atoms with Crippen LogP contribution in [0.2, 0.25) is 0 Å². The molecule has 0 spiro atoms. The van der Waals surface area contributed by atoms with Gasteiger partial charge in [0.1, 0.15) is 5.78 Å². The number of rotatable bonds is 2. The van der Waals surface area contributed by atoms with Gasteiger partial charge in [-0.25, -0.2) is 0 Å². The predicted octanol–water partition coefficient (Wildman–Crippen LogP) is 4.20. The standard InChI is InChI=1S/C20H32O3/c1-19-10-8-15-14-9-11-20(22-2,23-3)12-13(14)4-5-16(15)17(19)6-7-18(19)21/h13-17H,4-12H2,1-3H3/t13-,14-,15+,16+,17-,19-/m0/s1. The third-order valence-corrected chi connectivity index (χ3v) is 8.40. The van der Waals surface area contributed by atoms with Crippen molar-refractivity contribution in [3.8, 4) is 0 Å². The first-order valence-corrected chi connectivity index (χ1v) is 9.66. The summed E-state index contributed by atoms with van der Waals surface area (Å²) in [4.78, 5) is 12.4. The molecule has 0 saturated heterocycles. The number of fused-ring (bicyclic) bond motifs is 5. The molecule has 0 aromatic carbocycles. The lowest BCUT2D eigenvalue weighted by Gasteiger charge is -2.56. The van der Waals surface area contributed by atoms with E-state index in [0.29, 0.717) is 11.7 Å². The molecule has 0 aromatic rings. The molecule has 0 heterocycles. The number of Topliss-reactive ketones (excluding diaryl/α,β-unsaturated/α-hetero) is 1. The fourth-order valence-electron chi connectivity index (χ4n) is 7.05. The van der Waals surface area contributed by atoms with E-state index in [1.165, 1.54) is 25.7 Å². The van der Waals surface area contributed by atoms with Crippen molar-refractivity contribution in [3.63, 3.8) is 0 Å². The van der Waals surface area contributed by atoms with Gasteiger partial charge in [0.25, 0.3) is 0 Å². The lowest BCUT2D eigenvalue weighted by molar-refractivity contribution is -0.246.